The zero-order valence-electron chi connectivity index (χ0n) is 14.0. The van der Waals surface area contributed by atoms with Gasteiger partial charge in [0.25, 0.3) is 5.91 Å². The lowest BCUT2D eigenvalue weighted by Gasteiger charge is -2.32. The Morgan fingerprint density at radius 1 is 1.29 bits per heavy atom. The molecule has 4 nitrogen and oxygen atoms in total. The van der Waals surface area contributed by atoms with E-state index >= 15 is 0 Å². The highest BCUT2D eigenvalue weighted by molar-refractivity contribution is 7.12. The van der Waals surface area contributed by atoms with Crippen LogP contribution in [0.15, 0.2) is 35.7 Å². The maximum atomic E-state index is 12.8. The highest BCUT2D eigenvalue weighted by Crippen LogP contribution is 2.30. The van der Waals surface area contributed by atoms with Gasteiger partial charge in [0.15, 0.2) is 0 Å². The normalized spacial score (nSPS) is 18.2. The van der Waals surface area contributed by atoms with Crippen molar-refractivity contribution >= 4 is 28.3 Å². The van der Waals surface area contributed by atoms with Gasteiger partial charge >= 0.3 is 0 Å². The van der Waals surface area contributed by atoms with Gasteiger partial charge in [0.2, 0.25) is 0 Å². The van der Waals surface area contributed by atoms with Crippen molar-refractivity contribution in [2.24, 2.45) is 7.05 Å². The number of imidazole rings is 1. The van der Waals surface area contributed by atoms with Gasteiger partial charge in [0.05, 0.1) is 15.9 Å². The van der Waals surface area contributed by atoms with Gasteiger partial charge in [-0.1, -0.05) is 12.1 Å². The Balaban J connectivity index is 1.61. The SMILES string of the molecule is Cc1ccsc1C(=O)N1CCCC(c2nc3ccccc3n2C)C1. The molecule has 1 aromatic carbocycles. The van der Waals surface area contributed by atoms with Crippen LogP contribution in [0, 0.1) is 6.92 Å². The summed E-state index contributed by atoms with van der Waals surface area (Å²) in [6, 6.07) is 10.2. The minimum absolute atomic E-state index is 0.172. The zero-order valence-corrected chi connectivity index (χ0v) is 14.8. The van der Waals surface area contributed by atoms with Crippen molar-refractivity contribution in [3.05, 3.63) is 52.0 Å². The van der Waals surface area contributed by atoms with Crippen LogP contribution in [0.2, 0.25) is 0 Å². The lowest BCUT2D eigenvalue weighted by atomic mass is 9.97. The molecule has 1 fully saturated rings. The Hall–Kier alpha value is -2.14. The van der Waals surface area contributed by atoms with Gasteiger partial charge in [-0.25, -0.2) is 4.98 Å². The number of amides is 1. The Morgan fingerprint density at radius 2 is 2.12 bits per heavy atom. The molecule has 3 heterocycles. The van der Waals surface area contributed by atoms with Crippen LogP contribution in [0.4, 0.5) is 0 Å². The molecule has 0 aliphatic carbocycles. The van der Waals surface area contributed by atoms with Crippen molar-refractivity contribution in [1.82, 2.24) is 14.5 Å². The highest BCUT2D eigenvalue weighted by atomic mass is 32.1. The highest BCUT2D eigenvalue weighted by Gasteiger charge is 2.29. The Morgan fingerprint density at radius 3 is 2.88 bits per heavy atom. The van der Waals surface area contributed by atoms with Crippen LogP contribution in [-0.4, -0.2) is 33.4 Å². The van der Waals surface area contributed by atoms with Crippen molar-refractivity contribution < 1.29 is 4.79 Å². The lowest BCUT2D eigenvalue weighted by Crippen LogP contribution is -2.39. The molecule has 0 spiro atoms. The summed E-state index contributed by atoms with van der Waals surface area (Å²) in [5, 5.41) is 2.00. The molecule has 5 heteroatoms. The van der Waals surface area contributed by atoms with Crippen LogP contribution < -0.4 is 0 Å². The number of piperidine rings is 1. The molecule has 24 heavy (non-hydrogen) atoms. The summed E-state index contributed by atoms with van der Waals surface area (Å²) in [7, 11) is 2.08. The van der Waals surface area contributed by atoms with E-state index in [0.29, 0.717) is 5.92 Å². The number of para-hydroxylation sites is 2. The molecule has 0 bridgehead atoms. The van der Waals surface area contributed by atoms with E-state index in [4.69, 9.17) is 4.98 Å². The second kappa shape index (κ2) is 6.06. The third-order valence-corrected chi connectivity index (χ3v) is 5.96. The monoisotopic (exact) mass is 339 g/mol. The maximum Gasteiger partial charge on any atom is 0.264 e. The van der Waals surface area contributed by atoms with E-state index in [1.165, 1.54) is 0 Å². The third kappa shape index (κ3) is 2.53. The van der Waals surface area contributed by atoms with E-state index < -0.39 is 0 Å². The molecule has 1 amide bonds. The molecule has 2 aromatic heterocycles. The summed E-state index contributed by atoms with van der Waals surface area (Å²) >= 11 is 1.54. The predicted molar refractivity (Wildman–Crippen MR) is 97.6 cm³/mol. The van der Waals surface area contributed by atoms with Gasteiger partial charge < -0.3 is 9.47 Å². The van der Waals surface area contributed by atoms with Crippen LogP contribution in [0.3, 0.4) is 0 Å². The number of aromatic nitrogens is 2. The first-order chi connectivity index (χ1) is 11.6. The topological polar surface area (TPSA) is 38.1 Å². The average molecular weight is 339 g/mol. The molecule has 3 aromatic rings. The van der Waals surface area contributed by atoms with Gasteiger partial charge in [-0.15, -0.1) is 11.3 Å². The molecule has 4 rings (SSSR count). The Bertz CT molecular complexity index is 895. The fraction of sp³-hybridized carbons (Fsp3) is 0.368. The summed E-state index contributed by atoms with van der Waals surface area (Å²) in [4.78, 5) is 20.5. The number of aryl methyl sites for hydroxylation is 2. The smallest absolute Gasteiger partial charge is 0.264 e. The number of fused-ring (bicyclic) bond motifs is 1. The van der Waals surface area contributed by atoms with E-state index in [-0.39, 0.29) is 5.91 Å². The van der Waals surface area contributed by atoms with Gasteiger partial charge in [-0.2, -0.15) is 0 Å². The number of hydrogen-bond acceptors (Lipinski definition) is 3. The number of rotatable bonds is 2. The second-order valence-corrected chi connectivity index (χ2v) is 7.46. The first-order valence-corrected chi connectivity index (χ1v) is 9.28. The first kappa shape index (κ1) is 15.4. The van der Waals surface area contributed by atoms with E-state index in [1.807, 2.05) is 35.4 Å². The lowest BCUT2D eigenvalue weighted by molar-refractivity contribution is 0.0708. The third-order valence-electron chi connectivity index (χ3n) is 4.95. The number of likely N-dealkylation sites (tertiary alicyclic amines) is 1. The zero-order chi connectivity index (χ0) is 16.7. The number of carbonyl (C=O) groups excluding carboxylic acids is 1. The minimum atomic E-state index is 0.172. The molecule has 1 unspecified atom stereocenters. The van der Waals surface area contributed by atoms with Gasteiger partial charge in [0.1, 0.15) is 5.82 Å². The maximum absolute atomic E-state index is 12.8. The number of benzene rings is 1. The predicted octanol–water partition coefficient (Wildman–Crippen LogP) is 3.96. The van der Waals surface area contributed by atoms with E-state index in [1.54, 1.807) is 11.3 Å². The van der Waals surface area contributed by atoms with Gasteiger partial charge in [-0.05, 0) is 48.9 Å². The van der Waals surface area contributed by atoms with Crippen LogP contribution in [-0.2, 0) is 7.05 Å². The standard InChI is InChI=1S/C19H21N3OS/c1-13-9-11-24-17(13)19(23)22-10-5-6-14(12-22)18-20-15-7-3-4-8-16(15)21(18)2/h3-4,7-9,11,14H,5-6,10,12H2,1-2H3. The largest absolute Gasteiger partial charge is 0.337 e. The fourth-order valence-electron chi connectivity index (χ4n) is 3.64. The molecule has 1 saturated heterocycles. The van der Waals surface area contributed by atoms with E-state index in [9.17, 15) is 4.79 Å². The molecule has 0 N–H and O–H groups in total. The van der Waals surface area contributed by atoms with Crippen molar-refractivity contribution in [1.29, 1.82) is 0 Å². The molecular formula is C19H21N3OS. The van der Waals surface area contributed by atoms with Crippen LogP contribution in [0.1, 0.15) is 39.8 Å². The summed E-state index contributed by atoms with van der Waals surface area (Å²) in [5.41, 5.74) is 3.27. The first-order valence-electron chi connectivity index (χ1n) is 8.40. The van der Waals surface area contributed by atoms with E-state index in [2.05, 4.69) is 23.7 Å². The van der Waals surface area contributed by atoms with Gasteiger partial charge in [0, 0.05) is 26.1 Å². The number of hydrogen-bond donors (Lipinski definition) is 0. The minimum Gasteiger partial charge on any atom is -0.337 e. The average Bonchev–Trinajstić information content (AvgIpc) is 3.18. The number of nitrogens with zero attached hydrogens (tertiary/aromatic N) is 3. The summed E-state index contributed by atoms with van der Waals surface area (Å²) in [6.07, 6.45) is 2.12. The summed E-state index contributed by atoms with van der Waals surface area (Å²) in [5.74, 6) is 1.57. The molecule has 0 radical (unpaired) electrons. The quantitative estimate of drug-likeness (QED) is 0.709. The van der Waals surface area contributed by atoms with Crippen LogP contribution in [0.5, 0.6) is 0 Å². The molecule has 1 aliphatic rings. The van der Waals surface area contributed by atoms with Crippen molar-refractivity contribution in [2.45, 2.75) is 25.7 Å². The molecule has 1 atom stereocenters. The Kier molecular flexibility index (Phi) is 3.88. The number of carbonyl (C=O) groups is 1. The van der Waals surface area contributed by atoms with E-state index in [0.717, 1.165) is 53.2 Å². The molecule has 0 saturated carbocycles. The van der Waals surface area contributed by atoms with Crippen molar-refractivity contribution in [3.63, 3.8) is 0 Å². The summed E-state index contributed by atoms with van der Waals surface area (Å²) in [6.45, 7) is 3.61. The number of thiophene rings is 1. The Labute approximate surface area is 145 Å². The van der Waals surface area contributed by atoms with Crippen molar-refractivity contribution in [2.75, 3.05) is 13.1 Å². The van der Waals surface area contributed by atoms with Gasteiger partial charge in [-0.3, -0.25) is 4.79 Å². The van der Waals surface area contributed by atoms with Crippen molar-refractivity contribution in [3.8, 4) is 0 Å². The van der Waals surface area contributed by atoms with Crippen LogP contribution >= 0.6 is 11.3 Å². The molecule has 1 aliphatic heterocycles. The molecule has 124 valence electrons. The second-order valence-electron chi connectivity index (χ2n) is 6.54. The fourth-order valence-corrected chi connectivity index (χ4v) is 4.53. The molecular weight excluding hydrogens is 318 g/mol. The summed E-state index contributed by atoms with van der Waals surface area (Å²) < 4.78 is 2.18. The van der Waals surface area contributed by atoms with Crippen LogP contribution in [0.25, 0.3) is 11.0 Å².